The van der Waals surface area contributed by atoms with Gasteiger partial charge in [-0.05, 0) is 0 Å². The zero-order valence-corrected chi connectivity index (χ0v) is 6.31. The Labute approximate surface area is 69.5 Å². The maximum absolute atomic E-state index is 10.6. The summed E-state index contributed by atoms with van der Waals surface area (Å²) in [6, 6.07) is 0. The van der Waals surface area contributed by atoms with Crippen molar-refractivity contribution in [1.82, 2.24) is 4.90 Å². The van der Waals surface area contributed by atoms with Crippen LogP contribution in [0, 0.1) is 0 Å². The predicted octanol–water partition coefficient (Wildman–Crippen LogP) is -0.572. The fraction of sp³-hybridized carbons (Fsp3) is 0.400. The third kappa shape index (κ3) is 3.04. The van der Waals surface area contributed by atoms with Crippen LogP contribution in [0.1, 0.15) is 0 Å². The van der Waals surface area contributed by atoms with Crippen LogP contribution in [0.4, 0.5) is 9.59 Å². The molecule has 2 radical (unpaired) electrons. The van der Waals surface area contributed by atoms with Gasteiger partial charge in [0.25, 0.3) is 0 Å². The van der Waals surface area contributed by atoms with Crippen LogP contribution in [0.15, 0.2) is 0 Å². The second kappa shape index (κ2) is 4.37. The largest absolute Gasteiger partial charge is 0.480 e. The number of imide groups is 1. The highest BCUT2D eigenvalue weighted by Gasteiger charge is 2.20. The number of carboxylic acids is 1. The van der Waals surface area contributed by atoms with Gasteiger partial charge in [-0.15, -0.1) is 0 Å². The zero-order chi connectivity index (χ0) is 9.72. The molecule has 0 saturated heterocycles. The lowest BCUT2D eigenvalue weighted by molar-refractivity contribution is -0.137. The normalized spacial score (nSPS) is 8.75. The van der Waals surface area contributed by atoms with Crippen molar-refractivity contribution in [3.05, 3.63) is 0 Å². The molecular formula is C5H6BNO5. The number of rotatable bonds is 2. The summed E-state index contributed by atoms with van der Waals surface area (Å²) in [5.74, 6) is -2.51. The van der Waals surface area contributed by atoms with Gasteiger partial charge in [-0.1, -0.05) is 0 Å². The van der Waals surface area contributed by atoms with E-state index in [4.69, 9.17) is 5.11 Å². The van der Waals surface area contributed by atoms with Gasteiger partial charge in [-0.2, -0.15) is 0 Å². The molecule has 1 N–H and O–H groups in total. The third-order valence-corrected chi connectivity index (χ3v) is 0.954. The molecule has 6 nitrogen and oxygen atoms in total. The van der Waals surface area contributed by atoms with Crippen molar-refractivity contribution in [2.24, 2.45) is 0 Å². The molecule has 0 aliphatic rings. The Balaban J connectivity index is 4.33. The maximum Gasteiger partial charge on any atom is 0.416 e. The van der Waals surface area contributed by atoms with Crippen molar-refractivity contribution in [2.75, 3.05) is 13.7 Å². The van der Waals surface area contributed by atoms with Gasteiger partial charge in [-0.3, -0.25) is 9.59 Å². The molecule has 0 rings (SSSR count). The van der Waals surface area contributed by atoms with E-state index in [0.29, 0.717) is 0 Å². The van der Waals surface area contributed by atoms with Gasteiger partial charge in [0.2, 0.25) is 7.85 Å². The number of ether oxygens (including phenoxy) is 1. The van der Waals surface area contributed by atoms with Gasteiger partial charge >= 0.3 is 12.1 Å². The number of aliphatic carboxylic acids is 1. The first kappa shape index (κ1) is 10.5. The Morgan fingerprint density at radius 3 is 2.25 bits per heavy atom. The Morgan fingerprint density at radius 1 is 1.50 bits per heavy atom. The molecule has 0 saturated carbocycles. The Morgan fingerprint density at radius 2 is 2.00 bits per heavy atom. The number of methoxy groups -OCH3 is 1. The summed E-state index contributed by atoms with van der Waals surface area (Å²) >= 11 is 0. The molecule has 12 heavy (non-hydrogen) atoms. The van der Waals surface area contributed by atoms with E-state index in [0.717, 1.165) is 7.11 Å². The molecule has 0 heterocycles. The van der Waals surface area contributed by atoms with Gasteiger partial charge < -0.3 is 9.84 Å². The summed E-state index contributed by atoms with van der Waals surface area (Å²) in [7, 11) is 5.70. The number of carbonyl (C=O) groups is 3. The molecule has 7 heteroatoms. The van der Waals surface area contributed by atoms with E-state index < -0.39 is 24.4 Å². The number of carboxylic acid groups (broad SMARTS) is 1. The third-order valence-electron chi connectivity index (χ3n) is 0.954. The molecule has 0 aromatic rings. The molecule has 0 bridgehead atoms. The van der Waals surface area contributed by atoms with E-state index in [2.05, 4.69) is 12.6 Å². The Kier molecular flexibility index (Phi) is 3.82. The monoisotopic (exact) mass is 171 g/mol. The molecule has 0 aliphatic heterocycles. The molecule has 0 fully saturated rings. The summed E-state index contributed by atoms with van der Waals surface area (Å²) in [6.07, 6.45) is -1.09. The molecule has 64 valence electrons. The number of carbonyl (C=O) groups excluding carboxylic acids is 2. The lowest BCUT2D eigenvalue weighted by Gasteiger charge is -2.14. The zero-order valence-electron chi connectivity index (χ0n) is 6.31. The number of hydrogen-bond acceptors (Lipinski definition) is 4. The molecule has 0 aromatic heterocycles. The first-order valence-corrected chi connectivity index (χ1v) is 2.85. The minimum absolute atomic E-state index is 0.266. The van der Waals surface area contributed by atoms with Crippen molar-refractivity contribution >= 4 is 25.7 Å². The van der Waals surface area contributed by atoms with Crippen molar-refractivity contribution < 1.29 is 24.2 Å². The predicted molar refractivity (Wildman–Crippen MR) is 37.9 cm³/mol. The standard InChI is InChI=1S/C5H6BNO5/c1-12-5(11)7(4(6)10)2-3(8)9/h2H2,1H3,(H,8,9). The number of nitrogens with zero attached hydrogens (tertiary/aromatic N) is 1. The Bertz CT molecular complexity index is 216. The minimum Gasteiger partial charge on any atom is -0.480 e. The SMILES string of the molecule is [B]C(=O)N(CC(=O)O)C(=O)OC. The summed E-state index contributed by atoms with van der Waals surface area (Å²) < 4.78 is 4.10. The van der Waals surface area contributed by atoms with Gasteiger partial charge in [0.05, 0.1) is 7.11 Å². The van der Waals surface area contributed by atoms with Gasteiger partial charge in [-0.25, -0.2) is 9.69 Å². The maximum atomic E-state index is 10.6. The van der Waals surface area contributed by atoms with Gasteiger partial charge in [0.15, 0.2) is 5.81 Å². The molecule has 0 aromatic carbocycles. The van der Waals surface area contributed by atoms with Crippen LogP contribution in [-0.4, -0.2) is 49.4 Å². The topological polar surface area (TPSA) is 83.9 Å². The molecule has 0 spiro atoms. The van der Waals surface area contributed by atoms with Crippen LogP contribution in [0.25, 0.3) is 0 Å². The molecule has 0 unspecified atom stereocenters. The van der Waals surface area contributed by atoms with Crippen LogP contribution in [0.2, 0.25) is 0 Å². The average molecular weight is 171 g/mol. The summed E-state index contributed by atoms with van der Waals surface area (Å²) in [5.41, 5.74) is 0. The second-order valence-electron chi connectivity index (χ2n) is 1.79. The van der Waals surface area contributed by atoms with E-state index in [1.54, 1.807) is 0 Å². The minimum atomic E-state index is -1.35. The highest BCUT2D eigenvalue weighted by Crippen LogP contribution is 1.92. The van der Waals surface area contributed by atoms with E-state index in [9.17, 15) is 14.4 Å². The second-order valence-corrected chi connectivity index (χ2v) is 1.79. The van der Waals surface area contributed by atoms with E-state index in [1.165, 1.54) is 0 Å². The average Bonchev–Trinajstić information content (AvgIpc) is 1.98. The van der Waals surface area contributed by atoms with E-state index >= 15 is 0 Å². The van der Waals surface area contributed by atoms with Crippen LogP contribution >= 0.6 is 0 Å². The lowest BCUT2D eigenvalue weighted by atomic mass is 10.1. The van der Waals surface area contributed by atoms with Crippen LogP contribution < -0.4 is 0 Å². The quantitative estimate of drug-likeness (QED) is 0.562. The van der Waals surface area contributed by atoms with Gasteiger partial charge in [0, 0.05) is 0 Å². The fourth-order valence-electron chi connectivity index (χ4n) is 0.478. The van der Waals surface area contributed by atoms with Crippen LogP contribution in [0.3, 0.4) is 0 Å². The van der Waals surface area contributed by atoms with Crippen molar-refractivity contribution in [1.29, 1.82) is 0 Å². The molecule has 2 amide bonds. The lowest BCUT2D eigenvalue weighted by Crippen LogP contribution is -2.39. The number of hydrogen-bond donors (Lipinski definition) is 1. The van der Waals surface area contributed by atoms with Crippen molar-refractivity contribution in [3.63, 3.8) is 0 Å². The van der Waals surface area contributed by atoms with Crippen LogP contribution in [-0.2, 0) is 9.53 Å². The van der Waals surface area contributed by atoms with E-state index in [-0.39, 0.29) is 4.90 Å². The first-order chi connectivity index (χ1) is 5.49. The molecular weight excluding hydrogens is 165 g/mol. The van der Waals surface area contributed by atoms with Crippen LogP contribution in [0.5, 0.6) is 0 Å². The molecule has 0 atom stereocenters. The van der Waals surface area contributed by atoms with Crippen molar-refractivity contribution in [2.45, 2.75) is 0 Å². The van der Waals surface area contributed by atoms with E-state index in [1.807, 2.05) is 0 Å². The van der Waals surface area contributed by atoms with Crippen molar-refractivity contribution in [3.8, 4) is 0 Å². The number of amides is 2. The smallest absolute Gasteiger partial charge is 0.416 e. The first-order valence-electron chi connectivity index (χ1n) is 2.85. The molecule has 0 aliphatic carbocycles. The Hall–Kier alpha value is -1.53. The summed E-state index contributed by atoms with van der Waals surface area (Å²) in [6.45, 7) is -0.804. The highest BCUT2D eigenvalue weighted by molar-refractivity contribution is 6.58. The highest BCUT2D eigenvalue weighted by atomic mass is 16.5. The summed E-state index contributed by atoms with van der Waals surface area (Å²) in [4.78, 5) is 31.4. The van der Waals surface area contributed by atoms with Gasteiger partial charge in [0.1, 0.15) is 6.54 Å². The fourth-order valence-corrected chi connectivity index (χ4v) is 0.478. The summed E-state index contributed by atoms with van der Waals surface area (Å²) in [5, 5.41) is 8.22.